The number of hydrogen-bond acceptors (Lipinski definition) is 2. The Morgan fingerprint density at radius 2 is 1.53 bits per heavy atom. The molecule has 1 fully saturated rings. The number of rotatable bonds is 6. The van der Waals surface area contributed by atoms with E-state index in [-0.39, 0.29) is 5.41 Å². The Labute approximate surface area is 120 Å². The van der Waals surface area contributed by atoms with Crippen LogP contribution in [-0.2, 0) is 0 Å². The fraction of sp³-hybridized carbons (Fsp3) is 1.00. The fourth-order valence-corrected chi connectivity index (χ4v) is 4.04. The molecule has 114 valence electrons. The SMILES string of the molecule is CC(C)CC(O)(CC(C)C)C1(CN)CCC(C)CC1. The third kappa shape index (κ3) is 3.95. The van der Waals surface area contributed by atoms with Crippen molar-refractivity contribution in [1.29, 1.82) is 0 Å². The summed E-state index contributed by atoms with van der Waals surface area (Å²) in [6, 6.07) is 0. The Morgan fingerprint density at radius 1 is 1.11 bits per heavy atom. The molecule has 2 heteroatoms. The summed E-state index contributed by atoms with van der Waals surface area (Å²) in [5.74, 6) is 1.83. The minimum atomic E-state index is -0.579. The van der Waals surface area contributed by atoms with Gasteiger partial charge in [-0.15, -0.1) is 0 Å². The van der Waals surface area contributed by atoms with Crippen molar-refractivity contribution in [1.82, 2.24) is 0 Å². The second-order valence-corrected chi connectivity index (χ2v) is 7.89. The van der Waals surface area contributed by atoms with E-state index in [1.54, 1.807) is 0 Å². The van der Waals surface area contributed by atoms with Gasteiger partial charge in [-0.1, -0.05) is 47.5 Å². The van der Waals surface area contributed by atoms with E-state index in [9.17, 15) is 5.11 Å². The second kappa shape index (κ2) is 6.58. The first-order valence-electron chi connectivity index (χ1n) is 8.17. The predicted molar refractivity (Wildman–Crippen MR) is 83.0 cm³/mol. The van der Waals surface area contributed by atoms with Crippen LogP contribution in [0.3, 0.4) is 0 Å². The molecule has 3 N–H and O–H groups in total. The average molecular weight is 269 g/mol. The van der Waals surface area contributed by atoms with Gasteiger partial charge in [0.05, 0.1) is 5.60 Å². The summed E-state index contributed by atoms with van der Waals surface area (Å²) in [4.78, 5) is 0. The average Bonchev–Trinajstić information content (AvgIpc) is 2.27. The third-order valence-electron chi connectivity index (χ3n) is 5.10. The lowest BCUT2D eigenvalue weighted by Gasteiger charge is -2.52. The van der Waals surface area contributed by atoms with Crippen molar-refractivity contribution < 1.29 is 5.11 Å². The topological polar surface area (TPSA) is 46.2 Å². The van der Waals surface area contributed by atoms with Crippen molar-refractivity contribution in [3.8, 4) is 0 Å². The summed E-state index contributed by atoms with van der Waals surface area (Å²) >= 11 is 0. The quantitative estimate of drug-likeness (QED) is 0.766. The maximum absolute atomic E-state index is 11.4. The molecule has 0 saturated heterocycles. The summed E-state index contributed by atoms with van der Waals surface area (Å²) in [6.45, 7) is 11.8. The molecule has 0 aromatic heterocycles. The highest BCUT2D eigenvalue weighted by Gasteiger charge is 2.50. The number of nitrogens with two attached hydrogens (primary N) is 1. The van der Waals surface area contributed by atoms with Gasteiger partial charge in [-0.2, -0.15) is 0 Å². The monoisotopic (exact) mass is 269 g/mol. The van der Waals surface area contributed by atoms with Crippen LogP contribution in [0.25, 0.3) is 0 Å². The zero-order valence-corrected chi connectivity index (χ0v) is 13.7. The molecule has 0 aliphatic heterocycles. The number of aliphatic hydroxyl groups is 1. The fourth-order valence-electron chi connectivity index (χ4n) is 4.04. The predicted octanol–water partition coefficient (Wildman–Crippen LogP) is 3.96. The van der Waals surface area contributed by atoms with Gasteiger partial charge in [-0.3, -0.25) is 0 Å². The molecular weight excluding hydrogens is 234 g/mol. The summed E-state index contributed by atoms with van der Waals surface area (Å²) < 4.78 is 0. The first-order valence-corrected chi connectivity index (χ1v) is 8.17. The summed E-state index contributed by atoms with van der Waals surface area (Å²) in [5.41, 5.74) is 5.53. The van der Waals surface area contributed by atoms with Crippen LogP contribution >= 0.6 is 0 Å². The Balaban J connectivity index is 2.98. The first-order chi connectivity index (χ1) is 8.74. The van der Waals surface area contributed by atoms with E-state index < -0.39 is 5.60 Å². The molecular formula is C17H35NO. The van der Waals surface area contributed by atoms with Crippen LogP contribution in [0.1, 0.15) is 73.1 Å². The van der Waals surface area contributed by atoms with Gasteiger partial charge in [-0.05, 0) is 43.4 Å². The zero-order chi connectivity index (χ0) is 14.7. The lowest BCUT2D eigenvalue weighted by Crippen LogP contribution is -2.55. The maximum atomic E-state index is 11.4. The number of hydrogen-bond donors (Lipinski definition) is 2. The van der Waals surface area contributed by atoms with Crippen LogP contribution in [-0.4, -0.2) is 17.3 Å². The molecule has 0 spiro atoms. The van der Waals surface area contributed by atoms with E-state index in [1.165, 1.54) is 12.8 Å². The molecule has 0 bridgehead atoms. The van der Waals surface area contributed by atoms with E-state index in [4.69, 9.17) is 5.73 Å². The van der Waals surface area contributed by atoms with Crippen LogP contribution in [0, 0.1) is 23.2 Å². The van der Waals surface area contributed by atoms with Crippen LogP contribution in [0.5, 0.6) is 0 Å². The Hall–Kier alpha value is -0.0800. The van der Waals surface area contributed by atoms with Gasteiger partial charge < -0.3 is 10.8 Å². The lowest BCUT2D eigenvalue weighted by molar-refractivity contribution is -0.127. The van der Waals surface area contributed by atoms with E-state index >= 15 is 0 Å². The van der Waals surface area contributed by atoms with E-state index in [0.29, 0.717) is 18.4 Å². The van der Waals surface area contributed by atoms with Gasteiger partial charge in [-0.25, -0.2) is 0 Å². The maximum Gasteiger partial charge on any atom is 0.0720 e. The summed E-state index contributed by atoms with van der Waals surface area (Å²) in [5, 5.41) is 11.4. The summed E-state index contributed by atoms with van der Waals surface area (Å²) in [7, 11) is 0. The van der Waals surface area contributed by atoms with E-state index in [0.717, 1.165) is 31.6 Å². The molecule has 0 amide bonds. The van der Waals surface area contributed by atoms with Crippen molar-refractivity contribution in [2.24, 2.45) is 28.9 Å². The molecule has 0 aromatic carbocycles. The van der Waals surface area contributed by atoms with Gasteiger partial charge in [0, 0.05) is 12.0 Å². The Morgan fingerprint density at radius 3 is 1.84 bits per heavy atom. The van der Waals surface area contributed by atoms with Crippen molar-refractivity contribution >= 4 is 0 Å². The van der Waals surface area contributed by atoms with Crippen LogP contribution in [0.2, 0.25) is 0 Å². The second-order valence-electron chi connectivity index (χ2n) is 7.89. The third-order valence-corrected chi connectivity index (χ3v) is 5.10. The largest absolute Gasteiger partial charge is 0.389 e. The highest BCUT2D eigenvalue weighted by molar-refractivity contribution is 5.02. The minimum absolute atomic E-state index is 0.0476. The van der Waals surface area contributed by atoms with Crippen LogP contribution in [0.15, 0.2) is 0 Å². The highest BCUT2D eigenvalue weighted by atomic mass is 16.3. The summed E-state index contributed by atoms with van der Waals surface area (Å²) in [6.07, 6.45) is 6.40. The Kier molecular flexibility index (Phi) is 5.88. The lowest BCUT2D eigenvalue weighted by atomic mass is 9.57. The minimum Gasteiger partial charge on any atom is -0.389 e. The first kappa shape index (κ1) is 17.0. The van der Waals surface area contributed by atoms with Gasteiger partial charge in [0.2, 0.25) is 0 Å². The van der Waals surface area contributed by atoms with Crippen LogP contribution in [0.4, 0.5) is 0 Å². The van der Waals surface area contributed by atoms with Gasteiger partial charge >= 0.3 is 0 Å². The zero-order valence-electron chi connectivity index (χ0n) is 13.7. The molecule has 0 aromatic rings. The smallest absolute Gasteiger partial charge is 0.0720 e. The standard InChI is InChI=1S/C17H35NO/c1-13(2)10-17(19,11-14(3)4)16(12-18)8-6-15(5)7-9-16/h13-15,19H,6-12,18H2,1-5H3. The molecule has 19 heavy (non-hydrogen) atoms. The van der Waals surface area contributed by atoms with Crippen molar-refractivity contribution in [3.05, 3.63) is 0 Å². The van der Waals surface area contributed by atoms with Crippen molar-refractivity contribution in [3.63, 3.8) is 0 Å². The van der Waals surface area contributed by atoms with Gasteiger partial charge in [0.25, 0.3) is 0 Å². The van der Waals surface area contributed by atoms with Gasteiger partial charge in [0.1, 0.15) is 0 Å². The molecule has 1 aliphatic rings. The highest BCUT2D eigenvalue weighted by Crippen LogP contribution is 2.50. The van der Waals surface area contributed by atoms with E-state index in [2.05, 4.69) is 34.6 Å². The molecule has 1 rings (SSSR count). The molecule has 1 saturated carbocycles. The van der Waals surface area contributed by atoms with Crippen molar-refractivity contribution in [2.45, 2.75) is 78.7 Å². The molecule has 1 aliphatic carbocycles. The van der Waals surface area contributed by atoms with Crippen molar-refractivity contribution in [2.75, 3.05) is 6.54 Å². The molecule has 2 nitrogen and oxygen atoms in total. The normalized spacial score (nSPS) is 29.2. The van der Waals surface area contributed by atoms with Crippen LogP contribution < -0.4 is 5.73 Å². The molecule has 0 heterocycles. The molecule has 0 unspecified atom stereocenters. The van der Waals surface area contributed by atoms with Gasteiger partial charge in [0.15, 0.2) is 0 Å². The molecule has 0 radical (unpaired) electrons. The van der Waals surface area contributed by atoms with E-state index in [1.807, 2.05) is 0 Å². The Bertz CT molecular complexity index is 254. The molecule has 0 atom stereocenters.